The number of halogens is 3. The molecule has 2 aromatic carbocycles. The second-order valence-electron chi connectivity index (χ2n) is 5.36. The summed E-state index contributed by atoms with van der Waals surface area (Å²) >= 11 is 0. The maximum atomic E-state index is 13.0. The van der Waals surface area contributed by atoms with Gasteiger partial charge in [-0.2, -0.15) is 18.3 Å². The second-order valence-corrected chi connectivity index (χ2v) is 5.36. The number of para-hydroxylation sites is 1. The molecule has 3 aromatic rings. The highest BCUT2D eigenvalue weighted by molar-refractivity contribution is 6.06. The third kappa shape index (κ3) is 3.15. The first-order valence-corrected chi connectivity index (χ1v) is 7.29. The molecule has 3 rings (SSSR count). The van der Waals surface area contributed by atoms with Gasteiger partial charge in [0, 0.05) is 12.6 Å². The van der Waals surface area contributed by atoms with Crippen molar-refractivity contribution in [3.8, 4) is 5.88 Å². The van der Waals surface area contributed by atoms with Gasteiger partial charge in [0.25, 0.3) is 5.91 Å². The van der Waals surface area contributed by atoms with Crippen molar-refractivity contribution in [2.24, 2.45) is 7.05 Å². The van der Waals surface area contributed by atoms with Gasteiger partial charge >= 0.3 is 6.18 Å². The summed E-state index contributed by atoms with van der Waals surface area (Å²) in [5, 5.41) is 7.24. The number of hydrogen-bond acceptors (Lipinski definition) is 3. The molecule has 0 fully saturated rings. The first-order valence-electron chi connectivity index (χ1n) is 7.29. The molecule has 1 aromatic heterocycles. The average Bonchev–Trinajstić information content (AvgIpc) is 2.88. The number of alkyl halides is 3. The first-order chi connectivity index (χ1) is 11.8. The Balaban J connectivity index is 1.94. The summed E-state index contributed by atoms with van der Waals surface area (Å²) in [6, 6.07) is 9.49. The zero-order valence-corrected chi connectivity index (χ0v) is 13.4. The van der Waals surface area contributed by atoms with Crippen molar-refractivity contribution in [3.63, 3.8) is 0 Å². The van der Waals surface area contributed by atoms with Crippen LogP contribution in [-0.2, 0) is 13.2 Å². The molecular formula is C17H14F3N3O2. The van der Waals surface area contributed by atoms with Crippen molar-refractivity contribution in [3.05, 3.63) is 53.6 Å². The predicted molar refractivity (Wildman–Crippen MR) is 86.7 cm³/mol. The van der Waals surface area contributed by atoms with Crippen LogP contribution in [0.4, 0.5) is 18.9 Å². The molecule has 0 bridgehead atoms. The van der Waals surface area contributed by atoms with Crippen LogP contribution in [0.2, 0.25) is 0 Å². The van der Waals surface area contributed by atoms with Gasteiger partial charge in [0.15, 0.2) is 0 Å². The van der Waals surface area contributed by atoms with E-state index in [1.165, 1.54) is 42.1 Å². The highest BCUT2D eigenvalue weighted by atomic mass is 19.4. The Morgan fingerprint density at radius 1 is 1.20 bits per heavy atom. The van der Waals surface area contributed by atoms with Crippen LogP contribution in [0.1, 0.15) is 15.9 Å². The number of nitrogens with zero attached hydrogens (tertiary/aromatic N) is 2. The Labute approximate surface area is 141 Å². The summed E-state index contributed by atoms with van der Waals surface area (Å²) in [5.74, 6) is -0.118. The quantitative estimate of drug-likeness (QED) is 0.781. The lowest BCUT2D eigenvalue weighted by molar-refractivity contribution is -0.136. The van der Waals surface area contributed by atoms with Crippen molar-refractivity contribution in [2.45, 2.75) is 6.18 Å². The van der Waals surface area contributed by atoms with E-state index in [2.05, 4.69) is 10.4 Å². The number of fused-ring (bicyclic) bond motifs is 1. The lowest BCUT2D eigenvalue weighted by Crippen LogP contribution is -2.16. The van der Waals surface area contributed by atoms with Crippen LogP contribution >= 0.6 is 0 Å². The molecule has 0 aliphatic carbocycles. The molecule has 130 valence electrons. The third-order valence-corrected chi connectivity index (χ3v) is 3.72. The van der Waals surface area contributed by atoms with Crippen molar-refractivity contribution in [2.75, 3.05) is 12.4 Å². The second kappa shape index (κ2) is 6.12. The molecule has 0 saturated heterocycles. The summed E-state index contributed by atoms with van der Waals surface area (Å²) in [6.07, 6.45) is -4.55. The number of hydrogen-bond donors (Lipinski definition) is 1. The molecule has 5 nitrogen and oxygen atoms in total. The van der Waals surface area contributed by atoms with Gasteiger partial charge < -0.3 is 10.1 Å². The minimum atomic E-state index is -4.55. The molecule has 1 N–H and O–H groups in total. The number of amides is 1. The minimum Gasteiger partial charge on any atom is -0.481 e. The van der Waals surface area contributed by atoms with Crippen LogP contribution in [0.25, 0.3) is 10.9 Å². The van der Waals surface area contributed by atoms with Crippen molar-refractivity contribution in [1.82, 2.24) is 9.78 Å². The monoisotopic (exact) mass is 349 g/mol. The van der Waals surface area contributed by atoms with Crippen LogP contribution in [0.15, 0.2) is 42.5 Å². The topological polar surface area (TPSA) is 56.1 Å². The summed E-state index contributed by atoms with van der Waals surface area (Å²) in [7, 11) is 3.20. The number of ether oxygens (including phenoxy) is 1. The first kappa shape index (κ1) is 16.8. The van der Waals surface area contributed by atoms with Crippen LogP contribution in [-0.4, -0.2) is 22.8 Å². The number of rotatable bonds is 3. The summed E-state index contributed by atoms with van der Waals surface area (Å²) < 4.78 is 45.8. The Morgan fingerprint density at radius 3 is 2.60 bits per heavy atom. The Morgan fingerprint density at radius 2 is 1.92 bits per heavy atom. The molecule has 0 aliphatic heterocycles. The van der Waals surface area contributed by atoms with Crippen LogP contribution in [0.5, 0.6) is 5.88 Å². The Kier molecular flexibility index (Phi) is 4.12. The van der Waals surface area contributed by atoms with E-state index in [1.54, 1.807) is 13.1 Å². The zero-order chi connectivity index (χ0) is 18.2. The SMILES string of the molecule is COc1c2ccc(C(=O)Nc3ccccc3C(F)(F)F)cc2nn1C. The van der Waals surface area contributed by atoms with Gasteiger partial charge in [-0.15, -0.1) is 0 Å². The van der Waals surface area contributed by atoms with Crippen LogP contribution < -0.4 is 10.1 Å². The van der Waals surface area contributed by atoms with E-state index in [4.69, 9.17) is 4.74 Å². The number of anilines is 1. The summed E-state index contributed by atoms with van der Waals surface area (Å²) in [6.45, 7) is 0. The van der Waals surface area contributed by atoms with Gasteiger partial charge in [-0.3, -0.25) is 4.79 Å². The predicted octanol–water partition coefficient (Wildman–Crippen LogP) is 3.85. The molecule has 1 heterocycles. The van der Waals surface area contributed by atoms with Crippen LogP contribution in [0, 0.1) is 0 Å². The molecule has 8 heteroatoms. The lowest BCUT2D eigenvalue weighted by atomic mass is 10.1. The highest BCUT2D eigenvalue weighted by Gasteiger charge is 2.33. The van der Waals surface area contributed by atoms with E-state index in [9.17, 15) is 18.0 Å². The maximum absolute atomic E-state index is 13.0. The number of carbonyl (C=O) groups is 1. The number of carbonyl (C=O) groups excluding carboxylic acids is 1. The largest absolute Gasteiger partial charge is 0.481 e. The summed E-state index contributed by atoms with van der Waals surface area (Å²) in [5.41, 5.74) is -0.482. The zero-order valence-electron chi connectivity index (χ0n) is 13.4. The lowest BCUT2D eigenvalue weighted by Gasteiger charge is -2.13. The van der Waals surface area contributed by atoms with Crippen LogP contribution in [0.3, 0.4) is 0 Å². The molecule has 1 amide bonds. The van der Waals surface area contributed by atoms with E-state index in [-0.39, 0.29) is 11.3 Å². The van der Waals surface area contributed by atoms with Gasteiger partial charge in [-0.05, 0) is 30.3 Å². The fraction of sp³-hybridized carbons (Fsp3) is 0.176. The fourth-order valence-corrected chi connectivity index (χ4v) is 2.59. The fourth-order valence-electron chi connectivity index (χ4n) is 2.59. The summed E-state index contributed by atoms with van der Waals surface area (Å²) in [4.78, 5) is 12.4. The van der Waals surface area contributed by atoms with Gasteiger partial charge in [0.1, 0.15) is 0 Å². The number of methoxy groups -OCH3 is 1. The maximum Gasteiger partial charge on any atom is 0.418 e. The third-order valence-electron chi connectivity index (χ3n) is 3.72. The minimum absolute atomic E-state index is 0.199. The molecule has 0 unspecified atom stereocenters. The molecular weight excluding hydrogens is 335 g/mol. The highest BCUT2D eigenvalue weighted by Crippen LogP contribution is 2.35. The standard InChI is InChI=1S/C17H14F3N3O2/c1-23-16(25-2)11-8-7-10(9-14(11)22-23)15(24)21-13-6-4-3-5-12(13)17(18,19)20/h3-9H,1-2H3,(H,21,24). The number of aryl methyl sites for hydroxylation is 1. The van der Waals surface area contributed by atoms with E-state index in [1.807, 2.05) is 0 Å². The average molecular weight is 349 g/mol. The van der Waals surface area contributed by atoms with E-state index < -0.39 is 17.6 Å². The molecule has 25 heavy (non-hydrogen) atoms. The molecule has 0 spiro atoms. The normalized spacial score (nSPS) is 11.6. The molecule has 0 atom stereocenters. The molecule has 0 radical (unpaired) electrons. The molecule has 0 aliphatic rings. The van der Waals surface area contributed by atoms with Gasteiger partial charge in [0.2, 0.25) is 5.88 Å². The Bertz CT molecular complexity index is 948. The van der Waals surface area contributed by atoms with Crippen molar-refractivity contribution in [1.29, 1.82) is 0 Å². The van der Waals surface area contributed by atoms with Gasteiger partial charge in [-0.25, -0.2) is 4.68 Å². The van der Waals surface area contributed by atoms with E-state index in [0.717, 1.165) is 6.07 Å². The van der Waals surface area contributed by atoms with Gasteiger partial charge in [-0.1, -0.05) is 12.1 Å². The Hall–Kier alpha value is -3.03. The van der Waals surface area contributed by atoms with Crippen molar-refractivity contribution < 1.29 is 22.7 Å². The van der Waals surface area contributed by atoms with E-state index in [0.29, 0.717) is 16.8 Å². The smallest absolute Gasteiger partial charge is 0.418 e. The number of benzene rings is 2. The number of nitrogens with one attached hydrogen (secondary N) is 1. The van der Waals surface area contributed by atoms with Crippen molar-refractivity contribution >= 4 is 22.5 Å². The van der Waals surface area contributed by atoms with E-state index >= 15 is 0 Å². The van der Waals surface area contributed by atoms with Gasteiger partial charge in [0.05, 0.1) is 29.3 Å². The molecule has 0 saturated carbocycles. The number of aromatic nitrogens is 2.